The summed E-state index contributed by atoms with van der Waals surface area (Å²) in [4.78, 5) is 25.5. The molecule has 2 aromatic rings. The number of carbonyl (C=O) groups excluding carboxylic acids is 1. The maximum absolute atomic E-state index is 11.4. The number of nitrogens with zero attached hydrogens (tertiary/aromatic N) is 2. The highest BCUT2D eigenvalue weighted by Crippen LogP contribution is 2.11. The molecule has 2 aromatic heterocycles. The van der Waals surface area contributed by atoms with E-state index in [1.807, 2.05) is 0 Å². The van der Waals surface area contributed by atoms with Gasteiger partial charge in [-0.3, -0.25) is 9.59 Å². The molecule has 0 unspecified atom stereocenters. The number of hydrogen-bond donors (Lipinski definition) is 2. The molecule has 2 N–H and O–H groups in total. The lowest BCUT2D eigenvalue weighted by Crippen LogP contribution is -2.22. The van der Waals surface area contributed by atoms with Crippen LogP contribution in [0.4, 0.5) is 5.69 Å². The zero-order valence-electron chi connectivity index (χ0n) is 7.54. The van der Waals surface area contributed by atoms with E-state index in [0.29, 0.717) is 16.5 Å². The first-order chi connectivity index (χ1) is 7.24. The molecule has 0 aliphatic heterocycles. The molecule has 1 amide bonds. The summed E-state index contributed by atoms with van der Waals surface area (Å²) >= 11 is 0. The minimum Gasteiger partial charge on any atom is -0.423 e. The number of aromatic nitrogens is 2. The number of hydrogen-bond acceptors (Lipinski definition) is 4. The van der Waals surface area contributed by atoms with Crippen LogP contribution < -0.4 is 10.9 Å². The molecule has 6 nitrogen and oxygen atoms in total. The summed E-state index contributed by atoms with van der Waals surface area (Å²) in [6, 6.07) is 4.79. The van der Waals surface area contributed by atoms with Gasteiger partial charge in [-0.1, -0.05) is 0 Å². The third-order valence-electron chi connectivity index (χ3n) is 1.95. The molecular formula is C9H7N3O3. The average Bonchev–Trinajstić information content (AvgIpc) is 2.26. The topological polar surface area (TPSA) is 84.2 Å². The molecule has 2 rings (SSSR count). The normalized spacial score (nSPS) is 10.1. The third-order valence-corrected chi connectivity index (χ3v) is 1.95. The van der Waals surface area contributed by atoms with Crippen molar-refractivity contribution in [3.8, 4) is 0 Å². The van der Waals surface area contributed by atoms with Crippen LogP contribution in [-0.2, 0) is 4.79 Å². The molecule has 2 heterocycles. The largest absolute Gasteiger partial charge is 0.423 e. The highest BCUT2D eigenvalue weighted by Gasteiger charge is 2.07. The Balaban J connectivity index is 2.82. The SMILES string of the molecule is O=CNc1cc2cccnc2n(O)c1=O. The highest BCUT2D eigenvalue weighted by atomic mass is 16.5. The monoisotopic (exact) mass is 205 g/mol. The quantitative estimate of drug-likeness (QED) is 0.542. The van der Waals surface area contributed by atoms with Crippen molar-refractivity contribution in [2.24, 2.45) is 0 Å². The summed E-state index contributed by atoms with van der Waals surface area (Å²) in [6.45, 7) is 0. The van der Waals surface area contributed by atoms with Gasteiger partial charge in [-0.05, 0) is 18.2 Å². The van der Waals surface area contributed by atoms with Crippen molar-refractivity contribution in [1.29, 1.82) is 0 Å². The predicted octanol–water partition coefficient (Wildman–Crippen LogP) is 0.202. The van der Waals surface area contributed by atoms with Crippen LogP contribution in [0, 0.1) is 0 Å². The van der Waals surface area contributed by atoms with Gasteiger partial charge in [0.1, 0.15) is 5.69 Å². The molecular weight excluding hydrogens is 198 g/mol. The van der Waals surface area contributed by atoms with Crippen molar-refractivity contribution in [2.75, 3.05) is 5.32 Å². The molecule has 0 bridgehead atoms. The van der Waals surface area contributed by atoms with Gasteiger partial charge in [-0.25, -0.2) is 4.98 Å². The molecule has 0 spiro atoms. The van der Waals surface area contributed by atoms with E-state index >= 15 is 0 Å². The summed E-state index contributed by atoms with van der Waals surface area (Å²) in [5, 5.41) is 12.2. The van der Waals surface area contributed by atoms with Crippen molar-refractivity contribution >= 4 is 23.1 Å². The van der Waals surface area contributed by atoms with E-state index in [2.05, 4.69) is 10.3 Å². The number of nitrogens with one attached hydrogen (secondary N) is 1. The number of carbonyl (C=O) groups is 1. The first kappa shape index (κ1) is 9.20. The van der Waals surface area contributed by atoms with E-state index in [1.54, 1.807) is 12.1 Å². The van der Waals surface area contributed by atoms with Gasteiger partial charge in [-0.2, -0.15) is 0 Å². The fraction of sp³-hybridized carbons (Fsp3) is 0. The molecule has 76 valence electrons. The Morgan fingerprint density at radius 1 is 1.53 bits per heavy atom. The Labute approximate surface area is 83.7 Å². The van der Waals surface area contributed by atoms with Gasteiger partial charge >= 0.3 is 5.56 Å². The Kier molecular flexibility index (Phi) is 2.09. The van der Waals surface area contributed by atoms with Crippen molar-refractivity contribution in [2.45, 2.75) is 0 Å². The number of rotatable bonds is 2. The van der Waals surface area contributed by atoms with Crippen LogP contribution in [0.15, 0.2) is 29.2 Å². The van der Waals surface area contributed by atoms with Crippen LogP contribution in [0.2, 0.25) is 0 Å². The van der Waals surface area contributed by atoms with E-state index < -0.39 is 5.56 Å². The Morgan fingerprint density at radius 2 is 2.33 bits per heavy atom. The number of anilines is 1. The number of pyridine rings is 2. The minimum absolute atomic E-state index is 0.00741. The average molecular weight is 205 g/mol. The van der Waals surface area contributed by atoms with Crippen LogP contribution in [0.25, 0.3) is 11.0 Å². The van der Waals surface area contributed by atoms with Crippen molar-refractivity contribution < 1.29 is 10.0 Å². The highest BCUT2D eigenvalue weighted by molar-refractivity contribution is 5.81. The van der Waals surface area contributed by atoms with Crippen LogP contribution in [0.1, 0.15) is 0 Å². The van der Waals surface area contributed by atoms with Crippen molar-refractivity contribution in [3.63, 3.8) is 0 Å². The van der Waals surface area contributed by atoms with E-state index in [4.69, 9.17) is 0 Å². The van der Waals surface area contributed by atoms with E-state index in [0.717, 1.165) is 0 Å². The number of amides is 1. The fourth-order valence-corrected chi connectivity index (χ4v) is 1.29. The van der Waals surface area contributed by atoms with Crippen LogP contribution in [0.5, 0.6) is 0 Å². The summed E-state index contributed by atoms with van der Waals surface area (Å²) < 4.78 is 0.404. The zero-order valence-corrected chi connectivity index (χ0v) is 7.54. The summed E-state index contributed by atoms with van der Waals surface area (Å²) in [6.07, 6.45) is 1.83. The lowest BCUT2D eigenvalue weighted by molar-refractivity contribution is -0.105. The van der Waals surface area contributed by atoms with Gasteiger partial charge in [0.05, 0.1) is 0 Å². The maximum atomic E-state index is 11.4. The van der Waals surface area contributed by atoms with Gasteiger partial charge in [0.15, 0.2) is 5.65 Å². The van der Waals surface area contributed by atoms with Crippen molar-refractivity contribution in [1.82, 2.24) is 9.71 Å². The van der Waals surface area contributed by atoms with E-state index in [-0.39, 0.29) is 11.3 Å². The molecule has 15 heavy (non-hydrogen) atoms. The second-order valence-corrected chi connectivity index (χ2v) is 2.85. The lowest BCUT2D eigenvalue weighted by atomic mass is 10.2. The van der Waals surface area contributed by atoms with E-state index in [1.165, 1.54) is 12.3 Å². The van der Waals surface area contributed by atoms with Crippen LogP contribution >= 0.6 is 0 Å². The van der Waals surface area contributed by atoms with Gasteiger partial charge in [0.2, 0.25) is 6.41 Å². The molecule has 0 aliphatic carbocycles. The summed E-state index contributed by atoms with van der Waals surface area (Å²) in [7, 11) is 0. The molecule has 0 saturated heterocycles. The van der Waals surface area contributed by atoms with Gasteiger partial charge in [0, 0.05) is 11.6 Å². The second kappa shape index (κ2) is 3.41. The smallest absolute Gasteiger partial charge is 0.308 e. The van der Waals surface area contributed by atoms with Gasteiger partial charge < -0.3 is 10.5 Å². The molecule has 0 saturated carbocycles. The Bertz CT molecular complexity index is 576. The maximum Gasteiger partial charge on any atom is 0.308 e. The third kappa shape index (κ3) is 1.41. The van der Waals surface area contributed by atoms with Gasteiger partial charge in [-0.15, -0.1) is 4.73 Å². The minimum atomic E-state index is -0.715. The summed E-state index contributed by atoms with van der Waals surface area (Å²) in [5.74, 6) is 0. The van der Waals surface area contributed by atoms with Crippen molar-refractivity contribution in [3.05, 3.63) is 34.7 Å². The first-order valence-corrected chi connectivity index (χ1v) is 4.14. The second-order valence-electron chi connectivity index (χ2n) is 2.85. The molecule has 0 fully saturated rings. The van der Waals surface area contributed by atoms with Gasteiger partial charge in [0.25, 0.3) is 0 Å². The zero-order chi connectivity index (χ0) is 10.8. The molecule has 6 heteroatoms. The molecule has 0 aromatic carbocycles. The molecule has 0 atom stereocenters. The first-order valence-electron chi connectivity index (χ1n) is 4.14. The number of fused-ring (bicyclic) bond motifs is 1. The van der Waals surface area contributed by atoms with Crippen LogP contribution in [-0.4, -0.2) is 21.3 Å². The fourth-order valence-electron chi connectivity index (χ4n) is 1.29. The Morgan fingerprint density at radius 3 is 3.07 bits per heavy atom. The summed E-state index contributed by atoms with van der Waals surface area (Å²) in [5.41, 5.74) is -0.555. The predicted molar refractivity (Wildman–Crippen MR) is 52.9 cm³/mol. The standard InChI is InChI=1S/C9H7N3O3/c13-5-11-7-4-6-2-1-3-10-8(6)12(15)9(7)14/h1-5,15H,(H,11,13). The molecule has 0 aliphatic rings. The van der Waals surface area contributed by atoms with Crippen LogP contribution in [0.3, 0.4) is 0 Å². The lowest BCUT2D eigenvalue weighted by Gasteiger charge is -2.04. The van der Waals surface area contributed by atoms with E-state index in [9.17, 15) is 14.8 Å². The molecule has 0 radical (unpaired) electrons. The Hall–Kier alpha value is -2.37.